The zero-order valence-electron chi connectivity index (χ0n) is 14.3. The molecule has 0 aliphatic heterocycles. The van der Waals surface area contributed by atoms with E-state index >= 15 is 0 Å². The first kappa shape index (κ1) is 18.1. The fourth-order valence-electron chi connectivity index (χ4n) is 2.72. The largest absolute Gasteiger partial charge is 0.481 e. The van der Waals surface area contributed by atoms with Gasteiger partial charge in [0.15, 0.2) is 0 Å². The molecule has 27 heavy (non-hydrogen) atoms. The molecule has 2 aromatic heterocycles. The maximum absolute atomic E-state index is 11.7. The minimum absolute atomic E-state index is 0.216. The Labute approximate surface area is 154 Å². The van der Waals surface area contributed by atoms with Crippen molar-refractivity contribution in [1.82, 2.24) is 14.5 Å². The molecule has 1 aromatic carbocycles. The number of carboxylic acid groups (broad SMARTS) is 2. The quantitative estimate of drug-likeness (QED) is 0.583. The van der Waals surface area contributed by atoms with Crippen LogP contribution in [-0.2, 0) is 17.8 Å². The summed E-state index contributed by atoms with van der Waals surface area (Å²) in [6, 6.07) is 9.88. The van der Waals surface area contributed by atoms with Gasteiger partial charge >= 0.3 is 11.9 Å². The van der Waals surface area contributed by atoms with E-state index in [1.54, 1.807) is 47.6 Å². The molecule has 1 atom stereocenters. The molecule has 1 unspecified atom stereocenters. The van der Waals surface area contributed by atoms with Crippen LogP contribution in [0.2, 0.25) is 0 Å². The maximum atomic E-state index is 11.7. The van der Waals surface area contributed by atoms with E-state index in [-0.39, 0.29) is 12.0 Å². The third-order valence-electron chi connectivity index (χ3n) is 4.16. The van der Waals surface area contributed by atoms with Gasteiger partial charge in [0.1, 0.15) is 11.7 Å². The Morgan fingerprint density at radius 3 is 2.33 bits per heavy atom. The summed E-state index contributed by atoms with van der Waals surface area (Å²) in [6.45, 7) is 0.461. The number of nitrogens with two attached hydrogens (primary N) is 1. The highest BCUT2D eigenvalue weighted by Gasteiger charge is 2.23. The molecular formula is C19H18N4O4. The topological polar surface area (TPSA) is 131 Å². The van der Waals surface area contributed by atoms with Crippen LogP contribution in [0, 0.1) is 0 Å². The first-order valence-corrected chi connectivity index (χ1v) is 8.19. The SMILES string of the molecule is Nc1ccc(CC(C(=O)O)c2cn(Cc3ccc(C(=O)O)cc3)cn2)cn1. The number of carbonyl (C=O) groups is 2. The summed E-state index contributed by atoms with van der Waals surface area (Å²) in [5, 5.41) is 18.5. The van der Waals surface area contributed by atoms with Crippen molar-refractivity contribution in [3.8, 4) is 0 Å². The number of hydrogen-bond acceptors (Lipinski definition) is 5. The number of nitrogen functional groups attached to an aromatic ring is 1. The second-order valence-electron chi connectivity index (χ2n) is 6.16. The van der Waals surface area contributed by atoms with Crippen LogP contribution in [0.25, 0.3) is 0 Å². The number of aromatic nitrogens is 3. The number of anilines is 1. The maximum Gasteiger partial charge on any atom is 0.335 e. The fraction of sp³-hybridized carbons (Fsp3) is 0.158. The number of rotatable bonds is 7. The normalized spacial score (nSPS) is 11.9. The van der Waals surface area contributed by atoms with Crippen LogP contribution >= 0.6 is 0 Å². The van der Waals surface area contributed by atoms with Gasteiger partial charge in [-0.15, -0.1) is 0 Å². The van der Waals surface area contributed by atoms with Crippen molar-refractivity contribution >= 4 is 17.8 Å². The molecule has 8 nitrogen and oxygen atoms in total. The van der Waals surface area contributed by atoms with Crippen LogP contribution in [0.4, 0.5) is 5.82 Å². The van der Waals surface area contributed by atoms with Gasteiger partial charge in [0.25, 0.3) is 0 Å². The Kier molecular flexibility index (Phi) is 5.16. The molecule has 0 fully saturated rings. The van der Waals surface area contributed by atoms with E-state index in [0.29, 0.717) is 18.1 Å². The number of hydrogen-bond donors (Lipinski definition) is 3. The number of aromatic carboxylic acids is 1. The zero-order valence-corrected chi connectivity index (χ0v) is 14.3. The van der Waals surface area contributed by atoms with Crippen molar-refractivity contribution in [2.75, 3.05) is 5.73 Å². The summed E-state index contributed by atoms with van der Waals surface area (Å²) in [7, 11) is 0. The van der Waals surface area contributed by atoms with Crippen molar-refractivity contribution < 1.29 is 19.8 Å². The van der Waals surface area contributed by atoms with Gasteiger partial charge in [-0.05, 0) is 35.7 Å². The molecule has 8 heteroatoms. The average molecular weight is 366 g/mol. The van der Waals surface area contributed by atoms with Crippen LogP contribution in [0.3, 0.4) is 0 Å². The second-order valence-corrected chi connectivity index (χ2v) is 6.16. The Morgan fingerprint density at radius 1 is 1.04 bits per heavy atom. The van der Waals surface area contributed by atoms with Crippen molar-refractivity contribution in [3.63, 3.8) is 0 Å². The van der Waals surface area contributed by atoms with Crippen molar-refractivity contribution in [2.24, 2.45) is 0 Å². The van der Waals surface area contributed by atoms with Crippen LogP contribution < -0.4 is 5.73 Å². The zero-order chi connectivity index (χ0) is 19.4. The third kappa shape index (κ3) is 4.49. The number of pyridine rings is 1. The van der Waals surface area contributed by atoms with E-state index in [0.717, 1.165) is 11.1 Å². The molecule has 0 saturated heterocycles. The summed E-state index contributed by atoms with van der Waals surface area (Å²) in [6.07, 6.45) is 5.07. The van der Waals surface area contributed by atoms with Crippen molar-refractivity contribution in [2.45, 2.75) is 18.9 Å². The number of nitrogens with zero attached hydrogens (tertiary/aromatic N) is 3. The van der Waals surface area contributed by atoms with Crippen LogP contribution in [0.1, 0.15) is 33.1 Å². The number of carboxylic acids is 2. The van der Waals surface area contributed by atoms with Crippen LogP contribution in [-0.4, -0.2) is 36.7 Å². The van der Waals surface area contributed by atoms with Gasteiger partial charge in [0, 0.05) is 18.9 Å². The Bertz CT molecular complexity index is 949. The van der Waals surface area contributed by atoms with Gasteiger partial charge in [-0.1, -0.05) is 18.2 Å². The average Bonchev–Trinajstić information content (AvgIpc) is 3.09. The predicted octanol–water partition coefficient (Wildman–Crippen LogP) is 2.02. The molecule has 2 heterocycles. The molecule has 3 rings (SSSR count). The first-order valence-electron chi connectivity index (χ1n) is 8.19. The van der Waals surface area contributed by atoms with Crippen molar-refractivity contribution in [1.29, 1.82) is 0 Å². The minimum atomic E-state index is -0.979. The summed E-state index contributed by atoms with van der Waals surface area (Å²) < 4.78 is 1.77. The summed E-state index contributed by atoms with van der Waals surface area (Å²) in [5.74, 6) is -2.37. The smallest absolute Gasteiger partial charge is 0.335 e. The van der Waals surface area contributed by atoms with E-state index in [4.69, 9.17) is 10.8 Å². The Morgan fingerprint density at radius 2 is 1.74 bits per heavy atom. The summed E-state index contributed by atoms with van der Waals surface area (Å²) in [4.78, 5) is 30.8. The monoisotopic (exact) mass is 366 g/mol. The van der Waals surface area contributed by atoms with Crippen molar-refractivity contribution in [3.05, 3.63) is 77.5 Å². The van der Waals surface area contributed by atoms with Gasteiger partial charge < -0.3 is 20.5 Å². The highest BCUT2D eigenvalue weighted by molar-refractivity contribution is 5.87. The molecule has 138 valence electrons. The Balaban J connectivity index is 1.74. The molecule has 0 saturated carbocycles. The van der Waals surface area contributed by atoms with Crippen LogP contribution in [0.5, 0.6) is 0 Å². The molecule has 0 aliphatic carbocycles. The molecule has 3 aromatic rings. The van der Waals surface area contributed by atoms with E-state index in [1.165, 1.54) is 12.1 Å². The van der Waals surface area contributed by atoms with E-state index < -0.39 is 17.9 Å². The summed E-state index contributed by atoms with van der Waals surface area (Å²) >= 11 is 0. The lowest BCUT2D eigenvalue weighted by Crippen LogP contribution is -2.15. The first-order chi connectivity index (χ1) is 12.9. The Hall–Kier alpha value is -3.68. The lowest BCUT2D eigenvalue weighted by molar-refractivity contribution is -0.138. The molecular weight excluding hydrogens is 348 g/mol. The van der Waals surface area contributed by atoms with Gasteiger partial charge in [-0.2, -0.15) is 0 Å². The third-order valence-corrected chi connectivity index (χ3v) is 4.16. The summed E-state index contributed by atoms with van der Waals surface area (Å²) in [5.41, 5.74) is 7.86. The van der Waals surface area contributed by atoms with Gasteiger partial charge in [-0.25, -0.2) is 14.8 Å². The lowest BCUT2D eigenvalue weighted by Gasteiger charge is -2.10. The highest BCUT2D eigenvalue weighted by Crippen LogP contribution is 2.20. The number of aliphatic carboxylic acids is 1. The molecule has 0 amide bonds. The van der Waals surface area contributed by atoms with Gasteiger partial charge in [0.05, 0.1) is 17.6 Å². The molecule has 4 N–H and O–H groups in total. The number of benzene rings is 1. The second kappa shape index (κ2) is 7.69. The highest BCUT2D eigenvalue weighted by atomic mass is 16.4. The lowest BCUT2D eigenvalue weighted by atomic mass is 9.98. The van der Waals surface area contributed by atoms with E-state index in [1.807, 2.05) is 0 Å². The van der Waals surface area contributed by atoms with E-state index in [9.17, 15) is 14.7 Å². The molecule has 0 aliphatic rings. The minimum Gasteiger partial charge on any atom is -0.481 e. The van der Waals surface area contributed by atoms with Gasteiger partial charge in [0.2, 0.25) is 0 Å². The van der Waals surface area contributed by atoms with Crippen LogP contribution in [0.15, 0.2) is 55.1 Å². The number of imidazole rings is 1. The standard InChI is InChI=1S/C19H18N4O4/c20-17-6-3-13(8-21-17)7-15(19(26)27)16-10-23(11-22-16)9-12-1-4-14(5-2-12)18(24)25/h1-6,8,10-11,15H,7,9H2,(H2,20,21)(H,24,25)(H,26,27). The molecule has 0 spiro atoms. The van der Waals surface area contributed by atoms with Gasteiger partial charge in [-0.3, -0.25) is 4.79 Å². The van der Waals surface area contributed by atoms with E-state index in [2.05, 4.69) is 9.97 Å². The molecule has 0 radical (unpaired) electrons. The fourth-order valence-corrected chi connectivity index (χ4v) is 2.72. The predicted molar refractivity (Wildman–Crippen MR) is 97.5 cm³/mol. The molecule has 0 bridgehead atoms.